The third kappa shape index (κ3) is 14.1. The van der Waals surface area contributed by atoms with Crippen LogP contribution in [-0.2, 0) is 22.4 Å². The van der Waals surface area contributed by atoms with E-state index in [-0.39, 0.29) is 12.4 Å². The highest BCUT2D eigenvalue weighted by Crippen LogP contribution is 2.27. The Balaban J connectivity index is 0.000000215. The molecule has 16 heteroatoms. The summed E-state index contributed by atoms with van der Waals surface area (Å²) in [5.74, 6) is 1.52. The lowest BCUT2D eigenvalue weighted by Gasteiger charge is -2.36. The molecule has 0 spiro atoms. The van der Waals surface area contributed by atoms with Crippen LogP contribution in [0.5, 0.6) is 11.5 Å². The molecule has 12 nitrogen and oxygen atoms in total. The van der Waals surface area contributed by atoms with E-state index in [9.17, 15) is 4.79 Å². The molecule has 0 N–H and O–H groups in total. The minimum Gasteiger partial charge on any atom is -0.492 e. The normalized spacial score (nSPS) is 14.9. The maximum Gasteiger partial charge on any atom is 0.310 e. The molecule has 4 heterocycles. The van der Waals surface area contributed by atoms with E-state index in [1.54, 1.807) is 19.1 Å². The predicted octanol–water partition coefficient (Wildman–Crippen LogP) is 7.42. The first kappa shape index (κ1) is 43.5. The number of hydrogen-bond acceptors (Lipinski definition) is 12. The molecule has 302 valence electrons. The van der Waals surface area contributed by atoms with E-state index in [0.29, 0.717) is 40.4 Å². The Kier molecular flexibility index (Phi) is 17.8. The van der Waals surface area contributed by atoms with Crippen molar-refractivity contribution in [2.24, 2.45) is 0 Å². The molecule has 0 bridgehead atoms. The van der Waals surface area contributed by atoms with E-state index in [1.807, 2.05) is 24.3 Å². The van der Waals surface area contributed by atoms with E-state index in [1.165, 1.54) is 18.4 Å². The average Bonchev–Trinajstić information content (AvgIpc) is 3.21. The SMILES string of the molecule is CCCCc1ccc(OCCN2CCN(c3cc(Cl)nnc3Cl)CC2)cc1.CCOC(=O)Cc1ccc(OCCN2CCN(c3cc(Cl)nnc3Cl)CC2)cc1. The number of rotatable bonds is 16. The van der Waals surface area contributed by atoms with Gasteiger partial charge in [-0.05, 0) is 55.2 Å². The molecule has 0 aliphatic carbocycles. The highest BCUT2D eigenvalue weighted by Gasteiger charge is 2.21. The number of nitrogens with zero attached hydrogens (tertiary/aromatic N) is 8. The van der Waals surface area contributed by atoms with Gasteiger partial charge >= 0.3 is 5.97 Å². The van der Waals surface area contributed by atoms with Gasteiger partial charge < -0.3 is 24.0 Å². The molecule has 2 aromatic heterocycles. The summed E-state index contributed by atoms with van der Waals surface area (Å²) in [6.45, 7) is 14.6. The first-order valence-corrected chi connectivity index (χ1v) is 20.6. The predicted molar refractivity (Wildman–Crippen MR) is 224 cm³/mol. The first-order valence-electron chi connectivity index (χ1n) is 19.1. The summed E-state index contributed by atoms with van der Waals surface area (Å²) >= 11 is 24.2. The lowest BCUT2D eigenvalue weighted by Crippen LogP contribution is -2.47. The quantitative estimate of drug-likeness (QED) is 0.105. The molecule has 0 unspecified atom stereocenters. The number of hydrogen-bond donors (Lipinski definition) is 0. The lowest BCUT2D eigenvalue weighted by molar-refractivity contribution is -0.142. The van der Waals surface area contributed by atoms with E-state index in [0.717, 1.165) is 100 Å². The maximum absolute atomic E-state index is 11.5. The van der Waals surface area contributed by atoms with Crippen LogP contribution >= 0.6 is 46.4 Å². The zero-order valence-electron chi connectivity index (χ0n) is 32.0. The number of carbonyl (C=O) groups excluding carboxylic acids is 1. The lowest BCUT2D eigenvalue weighted by atomic mass is 10.1. The third-order valence-corrected chi connectivity index (χ3v) is 10.4. The summed E-state index contributed by atoms with van der Waals surface area (Å²) in [7, 11) is 0. The largest absolute Gasteiger partial charge is 0.492 e. The molecule has 4 aromatic rings. The number of carbonyl (C=O) groups is 1. The number of esters is 1. The molecule has 2 aliphatic rings. The van der Waals surface area contributed by atoms with Crippen LogP contribution in [0.25, 0.3) is 0 Å². The highest BCUT2D eigenvalue weighted by atomic mass is 35.5. The van der Waals surface area contributed by atoms with Crippen LogP contribution in [0, 0.1) is 0 Å². The zero-order valence-corrected chi connectivity index (χ0v) is 35.0. The summed E-state index contributed by atoms with van der Waals surface area (Å²) in [6, 6.07) is 19.6. The number of ether oxygens (including phenoxy) is 3. The molecule has 2 fully saturated rings. The van der Waals surface area contributed by atoms with Crippen molar-refractivity contribution in [3.8, 4) is 11.5 Å². The van der Waals surface area contributed by atoms with Gasteiger partial charge in [-0.1, -0.05) is 84.0 Å². The van der Waals surface area contributed by atoms with Gasteiger partial charge in [0.25, 0.3) is 0 Å². The fourth-order valence-electron chi connectivity index (χ4n) is 6.36. The van der Waals surface area contributed by atoms with E-state index in [4.69, 9.17) is 60.6 Å². The minimum atomic E-state index is -0.216. The van der Waals surface area contributed by atoms with Crippen LogP contribution < -0.4 is 19.3 Å². The molecule has 2 aromatic carbocycles. The van der Waals surface area contributed by atoms with Crippen LogP contribution in [0.4, 0.5) is 11.4 Å². The molecule has 2 aliphatic heterocycles. The van der Waals surface area contributed by atoms with Crippen molar-refractivity contribution in [3.63, 3.8) is 0 Å². The standard InChI is InChI=1S/C20H24Cl2N4O3.C20H26Cl2N4O/c1-2-28-19(27)13-15-3-5-16(6-4-15)29-12-11-25-7-9-26(10-8-25)17-14-18(21)23-24-20(17)22;1-2-3-4-16-5-7-17(8-6-16)27-14-13-25-9-11-26(12-10-25)18-15-19(21)23-24-20(18)22/h3-6,14H,2,7-13H2,1H3;5-8,15H,2-4,9-14H2,1H3. The molecule has 6 rings (SSSR count). The molecule has 56 heavy (non-hydrogen) atoms. The average molecular weight is 849 g/mol. The van der Waals surface area contributed by atoms with E-state index >= 15 is 0 Å². The van der Waals surface area contributed by atoms with Crippen molar-refractivity contribution in [2.45, 2.75) is 39.5 Å². The molecule has 0 radical (unpaired) electrons. The topological polar surface area (TPSA) is 109 Å². The zero-order chi connectivity index (χ0) is 39.7. The third-order valence-electron chi connectivity index (χ3n) is 9.50. The van der Waals surface area contributed by atoms with Gasteiger partial charge in [-0.25, -0.2) is 0 Å². The van der Waals surface area contributed by atoms with Crippen LogP contribution in [0.2, 0.25) is 20.6 Å². The van der Waals surface area contributed by atoms with E-state index < -0.39 is 0 Å². The fraction of sp³-hybridized carbons (Fsp3) is 0.475. The number of halogens is 4. The number of aromatic nitrogens is 4. The van der Waals surface area contributed by atoms with Crippen molar-refractivity contribution in [3.05, 3.63) is 92.4 Å². The second kappa shape index (κ2) is 22.9. The van der Waals surface area contributed by atoms with Crippen molar-refractivity contribution in [1.29, 1.82) is 0 Å². The van der Waals surface area contributed by atoms with Crippen LogP contribution in [0.1, 0.15) is 37.8 Å². The molecule has 2 saturated heterocycles. The fourth-order valence-corrected chi connectivity index (χ4v) is 7.06. The summed E-state index contributed by atoms with van der Waals surface area (Å²) in [6.07, 6.45) is 3.88. The van der Waals surface area contributed by atoms with Gasteiger partial charge in [0.2, 0.25) is 0 Å². The van der Waals surface area contributed by atoms with Crippen LogP contribution in [-0.4, -0.2) is 121 Å². The second-order valence-corrected chi connectivity index (χ2v) is 14.9. The Morgan fingerprint density at radius 2 is 1.07 bits per heavy atom. The molecule has 0 amide bonds. The van der Waals surface area contributed by atoms with Gasteiger partial charge in [-0.3, -0.25) is 14.6 Å². The van der Waals surface area contributed by atoms with Gasteiger partial charge in [0.05, 0.1) is 24.4 Å². The van der Waals surface area contributed by atoms with Crippen molar-refractivity contribution in [1.82, 2.24) is 30.2 Å². The summed E-state index contributed by atoms with van der Waals surface area (Å²) in [5.41, 5.74) is 3.97. The first-order chi connectivity index (χ1) is 27.2. The Morgan fingerprint density at radius 1 is 0.625 bits per heavy atom. The maximum atomic E-state index is 11.5. The molecular weight excluding hydrogens is 798 g/mol. The second-order valence-electron chi connectivity index (χ2n) is 13.4. The van der Waals surface area contributed by atoms with Crippen LogP contribution in [0.15, 0.2) is 60.7 Å². The van der Waals surface area contributed by atoms with E-state index in [2.05, 4.69) is 71.2 Å². The molecule has 0 atom stereocenters. The number of anilines is 2. The minimum absolute atomic E-state index is 0.216. The summed E-state index contributed by atoms with van der Waals surface area (Å²) in [4.78, 5) is 20.6. The number of benzene rings is 2. The monoisotopic (exact) mass is 846 g/mol. The van der Waals surface area contributed by atoms with Crippen LogP contribution in [0.3, 0.4) is 0 Å². The van der Waals surface area contributed by atoms with Gasteiger partial charge in [0.1, 0.15) is 24.7 Å². The van der Waals surface area contributed by atoms with Gasteiger partial charge in [-0.2, -0.15) is 0 Å². The Morgan fingerprint density at radius 3 is 1.50 bits per heavy atom. The number of unbranched alkanes of at least 4 members (excludes halogenated alkanes) is 1. The highest BCUT2D eigenvalue weighted by molar-refractivity contribution is 6.34. The Labute approximate surface area is 349 Å². The van der Waals surface area contributed by atoms with Gasteiger partial charge in [-0.15, -0.1) is 20.4 Å². The Bertz CT molecular complexity index is 1790. The summed E-state index contributed by atoms with van der Waals surface area (Å²) in [5, 5.41) is 16.8. The van der Waals surface area contributed by atoms with Gasteiger partial charge in [0, 0.05) is 77.6 Å². The Hall–Kier alpha value is -3.65. The smallest absolute Gasteiger partial charge is 0.310 e. The van der Waals surface area contributed by atoms with Crippen molar-refractivity contribution in [2.75, 3.05) is 95.1 Å². The van der Waals surface area contributed by atoms with Gasteiger partial charge in [0.15, 0.2) is 20.6 Å². The van der Waals surface area contributed by atoms with Crippen molar-refractivity contribution < 1.29 is 19.0 Å². The van der Waals surface area contributed by atoms with Crippen molar-refractivity contribution >= 4 is 63.7 Å². The number of aryl methyl sites for hydroxylation is 1. The molecule has 0 saturated carbocycles. The molecular formula is C40H50Cl4N8O4. The number of piperazine rings is 2. The summed E-state index contributed by atoms with van der Waals surface area (Å²) < 4.78 is 16.7.